The van der Waals surface area contributed by atoms with Gasteiger partial charge in [0.15, 0.2) is 0 Å². The highest BCUT2D eigenvalue weighted by Gasteiger charge is 2.13. The number of fused-ring (bicyclic) bond motifs is 1. The van der Waals surface area contributed by atoms with Crippen molar-refractivity contribution in [3.05, 3.63) is 78.4 Å². The lowest BCUT2D eigenvalue weighted by molar-refractivity contribution is 0.146. The van der Waals surface area contributed by atoms with Crippen molar-refractivity contribution in [3.8, 4) is 23.3 Å². The fraction of sp³-hybridized carbons (Fsp3) is 0.120. The Bertz CT molecular complexity index is 1390. The van der Waals surface area contributed by atoms with Gasteiger partial charge in [-0.2, -0.15) is 5.26 Å². The van der Waals surface area contributed by atoms with Crippen molar-refractivity contribution in [3.63, 3.8) is 0 Å². The van der Waals surface area contributed by atoms with Gasteiger partial charge in [0.05, 0.1) is 23.4 Å². The number of carbonyl (C=O) groups excluding carboxylic acids is 1. The van der Waals surface area contributed by atoms with Crippen LogP contribution in [0, 0.1) is 17.1 Å². The van der Waals surface area contributed by atoms with Crippen molar-refractivity contribution < 1.29 is 23.4 Å². The van der Waals surface area contributed by atoms with Crippen LogP contribution in [0.1, 0.15) is 5.56 Å². The van der Waals surface area contributed by atoms with Gasteiger partial charge in [0.25, 0.3) is 0 Å². The van der Waals surface area contributed by atoms with E-state index in [2.05, 4.69) is 26.7 Å². The molecule has 2 heterocycles. The maximum atomic E-state index is 14.7. The van der Waals surface area contributed by atoms with Gasteiger partial charge >= 0.3 is 6.03 Å². The minimum Gasteiger partial charge on any atom is -0.490 e. The van der Waals surface area contributed by atoms with Gasteiger partial charge in [0.1, 0.15) is 41.6 Å². The molecule has 176 valence electrons. The minimum absolute atomic E-state index is 0.0324. The summed E-state index contributed by atoms with van der Waals surface area (Å²) < 4.78 is 31.1. The monoisotopic (exact) mass is 473 g/mol. The zero-order valence-corrected chi connectivity index (χ0v) is 18.6. The Hall–Kier alpha value is -4.75. The first-order valence-electron chi connectivity index (χ1n) is 10.5. The molecular formula is C25H20FN5O4. The van der Waals surface area contributed by atoms with E-state index in [-0.39, 0.29) is 18.0 Å². The maximum Gasteiger partial charge on any atom is 0.324 e. The third-order valence-corrected chi connectivity index (χ3v) is 4.79. The molecule has 4 aromatic rings. The zero-order valence-electron chi connectivity index (χ0n) is 18.6. The number of nitrogens with one attached hydrogen (secondary N) is 2. The van der Waals surface area contributed by atoms with Crippen molar-refractivity contribution in [1.82, 2.24) is 9.97 Å². The first kappa shape index (κ1) is 23.4. The molecule has 0 aliphatic carbocycles. The third kappa shape index (κ3) is 5.79. The lowest BCUT2D eigenvalue weighted by Crippen LogP contribution is -2.20. The molecular weight excluding hydrogens is 453 g/mol. The minimum atomic E-state index is -0.691. The van der Waals surface area contributed by atoms with Crippen LogP contribution in [0.2, 0.25) is 0 Å². The first-order valence-corrected chi connectivity index (χ1v) is 10.5. The molecule has 0 saturated heterocycles. The second kappa shape index (κ2) is 10.9. The summed E-state index contributed by atoms with van der Waals surface area (Å²) in [6.07, 6.45) is 3.07. The first-order chi connectivity index (χ1) is 17.1. The second-order valence-electron chi connectivity index (χ2n) is 7.17. The number of halogens is 1. The van der Waals surface area contributed by atoms with Crippen molar-refractivity contribution in [2.75, 3.05) is 31.0 Å². The molecule has 0 aliphatic rings. The Morgan fingerprint density at radius 3 is 2.66 bits per heavy atom. The van der Waals surface area contributed by atoms with Crippen LogP contribution in [0.4, 0.5) is 20.7 Å². The van der Waals surface area contributed by atoms with E-state index in [1.807, 2.05) is 0 Å². The molecule has 2 aromatic heterocycles. The van der Waals surface area contributed by atoms with Crippen molar-refractivity contribution in [2.24, 2.45) is 0 Å². The fourth-order valence-corrected chi connectivity index (χ4v) is 3.17. The number of anilines is 2. The predicted molar refractivity (Wildman–Crippen MR) is 127 cm³/mol. The van der Waals surface area contributed by atoms with Crippen LogP contribution in [0.3, 0.4) is 0 Å². The number of nitriles is 1. The standard InChI is InChI=1S/C25H20FN5O4/c1-33-10-11-34-23-14-21-18(12-16(23)15-27)22(7-9-28-21)35-17-5-6-20(19(26)13-17)30-25(32)31-24-4-2-3-8-29-24/h2-9,12-14H,10-11H2,1H3,(H2,29,30,31,32). The van der Waals surface area contributed by atoms with Crippen LogP contribution in [0.5, 0.6) is 17.2 Å². The second-order valence-corrected chi connectivity index (χ2v) is 7.17. The van der Waals surface area contributed by atoms with Crippen LogP contribution in [-0.4, -0.2) is 36.3 Å². The highest BCUT2D eigenvalue weighted by atomic mass is 19.1. The number of carbonyl (C=O) groups is 1. The summed E-state index contributed by atoms with van der Waals surface area (Å²) >= 11 is 0. The highest BCUT2D eigenvalue weighted by Crippen LogP contribution is 2.34. The Morgan fingerprint density at radius 1 is 1.03 bits per heavy atom. The SMILES string of the molecule is COCCOc1cc2nccc(Oc3ccc(NC(=O)Nc4ccccn4)c(F)c3)c2cc1C#N. The summed E-state index contributed by atoms with van der Waals surface area (Å²) in [6, 6.07) is 15.4. The Kier molecular flexibility index (Phi) is 7.30. The molecule has 0 saturated carbocycles. The van der Waals surface area contributed by atoms with E-state index >= 15 is 0 Å². The number of hydrogen-bond donors (Lipinski definition) is 2. The van der Waals surface area contributed by atoms with Crippen LogP contribution >= 0.6 is 0 Å². The summed E-state index contributed by atoms with van der Waals surface area (Å²) in [7, 11) is 1.56. The van der Waals surface area contributed by atoms with Crippen molar-refractivity contribution in [2.45, 2.75) is 0 Å². The number of methoxy groups -OCH3 is 1. The van der Waals surface area contributed by atoms with Crippen LogP contribution in [-0.2, 0) is 4.74 Å². The Morgan fingerprint density at radius 2 is 1.91 bits per heavy atom. The van der Waals surface area contributed by atoms with Gasteiger partial charge in [-0.05, 0) is 36.4 Å². The Balaban J connectivity index is 1.52. The predicted octanol–water partition coefficient (Wildman–Crippen LogP) is 5.10. The number of amides is 2. The Labute approximate surface area is 200 Å². The molecule has 0 aliphatic heterocycles. The summed E-state index contributed by atoms with van der Waals surface area (Å²) in [6.45, 7) is 0.660. The summed E-state index contributed by atoms with van der Waals surface area (Å²) in [5.41, 5.74) is 0.810. The van der Waals surface area contributed by atoms with E-state index in [1.165, 1.54) is 24.5 Å². The molecule has 2 aromatic carbocycles. The largest absolute Gasteiger partial charge is 0.490 e. The topological polar surface area (TPSA) is 118 Å². The summed E-state index contributed by atoms with van der Waals surface area (Å²) in [4.78, 5) is 20.4. The lowest BCUT2D eigenvalue weighted by Gasteiger charge is -2.13. The van der Waals surface area contributed by atoms with Gasteiger partial charge in [-0.25, -0.2) is 14.2 Å². The number of pyridine rings is 2. The van der Waals surface area contributed by atoms with E-state index < -0.39 is 11.8 Å². The smallest absolute Gasteiger partial charge is 0.324 e. The van der Waals surface area contributed by atoms with Crippen LogP contribution in [0.25, 0.3) is 10.9 Å². The molecule has 10 heteroatoms. The zero-order chi connectivity index (χ0) is 24.6. The maximum absolute atomic E-state index is 14.7. The van der Waals surface area contributed by atoms with E-state index in [4.69, 9.17) is 14.2 Å². The van der Waals surface area contributed by atoms with Crippen molar-refractivity contribution in [1.29, 1.82) is 5.26 Å². The number of urea groups is 1. The fourth-order valence-electron chi connectivity index (χ4n) is 3.17. The molecule has 4 rings (SSSR count). The van der Waals surface area contributed by atoms with Crippen LogP contribution in [0.15, 0.2) is 67.0 Å². The van der Waals surface area contributed by atoms with Gasteiger partial charge < -0.3 is 19.5 Å². The number of nitrogens with zero attached hydrogens (tertiary/aromatic N) is 3. The molecule has 9 nitrogen and oxygen atoms in total. The van der Waals surface area contributed by atoms with Gasteiger partial charge in [-0.3, -0.25) is 10.3 Å². The molecule has 0 atom stereocenters. The number of benzene rings is 2. The molecule has 0 radical (unpaired) electrons. The quantitative estimate of drug-likeness (QED) is 0.342. The van der Waals surface area contributed by atoms with Gasteiger partial charge in [0.2, 0.25) is 0 Å². The van der Waals surface area contributed by atoms with E-state index in [0.717, 1.165) is 6.07 Å². The average molecular weight is 473 g/mol. The molecule has 0 fully saturated rings. The third-order valence-electron chi connectivity index (χ3n) is 4.79. The molecule has 0 bridgehead atoms. The molecule has 35 heavy (non-hydrogen) atoms. The van der Waals surface area contributed by atoms with Gasteiger partial charge in [0, 0.05) is 37.0 Å². The normalized spacial score (nSPS) is 10.4. The van der Waals surface area contributed by atoms with E-state index in [9.17, 15) is 14.4 Å². The van der Waals surface area contributed by atoms with Crippen molar-refractivity contribution >= 4 is 28.4 Å². The molecule has 0 unspecified atom stereocenters. The van der Waals surface area contributed by atoms with E-state index in [1.54, 1.807) is 43.5 Å². The number of rotatable bonds is 8. The number of aromatic nitrogens is 2. The number of hydrogen-bond acceptors (Lipinski definition) is 7. The number of ether oxygens (including phenoxy) is 3. The average Bonchev–Trinajstić information content (AvgIpc) is 2.86. The van der Waals surface area contributed by atoms with Gasteiger partial charge in [-0.1, -0.05) is 6.07 Å². The molecule has 2 amide bonds. The van der Waals surface area contributed by atoms with Crippen LogP contribution < -0.4 is 20.1 Å². The van der Waals surface area contributed by atoms with Gasteiger partial charge in [-0.15, -0.1) is 0 Å². The summed E-state index contributed by atoms with van der Waals surface area (Å²) in [5.74, 6) is 0.599. The summed E-state index contributed by atoms with van der Waals surface area (Å²) in [5, 5.41) is 15.0. The van der Waals surface area contributed by atoms with E-state index in [0.29, 0.717) is 40.4 Å². The lowest BCUT2D eigenvalue weighted by atomic mass is 10.1. The molecule has 0 spiro atoms. The molecule has 2 N–H and O–H groups in total. The highest BCUT2D eigenvalue weighted by molar-refractivity contribution is 5.99.